The van der Waals surface area contributed by atoms with Gasteiger partial charge < -0.3 is 0 Å². The van der Waals surface area contributed by atoms with Gasteiger partial charge >= 0.3 is 0 Å². The smallest absolute Gasteiger partial charge is 0.212 e. The van der Waals surface area contributed by atoms with E-state index in [-0.39, 0.29) is 11.7 Å². The fraction of sp³-hybridized carbons (Fsp3) is 0.889. The van der Waals surface area contributed by atoms with Crippen LogP contribution in [0.15, 0.2) is 0 Å². The third-order valence-corrected chi connectivity index (χ3v) is 5.78. The van der Waals surface area contributed by atoms with Crippen LogP contribution in [0.3, 0.4) is 0 Å². The highest BCUT2D eigenvalue weighted by molar-refractivity contribution is 7.99. The van der Waals surface area contributed by atoms with Crippen molar-refractivity contribution in [2.24, 2.45) is 5.92 Å². The van der Waals surface area contributed by atoms with Gasteiger partial charge in [-0.3, -0.25) is 0 Å². The fourth-order valence-corrected chi connectivity index (χ4v) is 4.88. The number of nitriles is 1. The summed E-state index contributed by atoms with van der Waals surface area (Å²) in [5.74, 6) is 1.52. The van der Waals surface area contributed by atoms with Crippen LogP contribution in [0.4, 0.5) is 0 Å². The van der Waals surface area contributed by atoms with Crippen molar-refractivity contribution in [2.45, 2.75) is 18.9 Å². The second-order valence-electron chi connectivity index (χ2n) is 4.14. The molecule has 0 aliphatic carbocycles. The average molecular weight is 283 g/mol. The summed E-state index contributed by atoms with van der Waals surface area (Å²) in [5.41, 5.74) is -0.907. The van der Waals surface area contributed by atoms with Gasteiger partial charge in [-0.25, -0.2) is 8.42 Å². The Balaban J connectivity index is 2.68. The second kappa shape index (κ2) is 5.58. The van der Waals surface area contributed by atoms with Crippen LogP contribution in [0.25, 0.3) is 0 Å². The first-order valence-corrected chi connectivity index (χ1v) is 8.34. The summed E-state index contributed by atoms with van der Waals surface area (Å²) >= 11 is 7.18. The van der Waals surface area contributed by atoms with Crippen molar-refractivity contribution in [1.82, 2.24) is 4.72 Å². The van der Waals surface area contributed by atoms with Crippen LogP contribution in [0, 0.1) is 17.2 Å². The minimum absolute atomic E-state index is 0.0232. The standard InChI is InChI=1S/C9H15ClN2O2S2/c1-8(4-10)5-16(13,14)12-9(6-11)2-3-15-7-9/h8,12H,2-5,7H2,1H3. The molecule has 4 nitrogen and oxygen atoms in total. The maximum Gasteiger partial charge on any atom is 0.213 e. The number of thioether (sulfide) groups is 1. The van der Waals surface area contributed by atoms with Crippen LogP contribution in [0.1, 0.15) is 13.3 Å². The lowest BCUT2D eigenvalue weighted by Gasteiger charge is -2.21. The molecule has 1 N–H and O–H groups in total. The second-order valence-corrected chi connectivity index (χ2v) is 7.32. The van der Waals surface area contributed by atoms with E-state index in [4.69, 9.17) is 16.9 Å². The molecule has 1 fully saturated rings. The SMILES string of the molecule is CC(CCl)CS(=O)(=O)NC1(C#N)CCSC1. The van der Waals surface area contributed by atoms with Crippen molar-refractivity contribution in [3.8, 4) is 6.07 Å². The minimum Gasteiger partial charge on any atom is -0.212 e. The van der Waals surface area contributed by atoms with Gasteiger partial charge in [0.15, 0.2) is 0 Å². The summed E-state index contributed by atoms with van der Waals surface area (Å²) < 4.78 is 26.1. The van der Waals surface area contributed by atoms with Crippen molar-refractivity contribution in [3.05, 3.63) is 0 Å². The molecule has 92 valence electrons. The number of hydrogen-bond donors (Lipinski definition) is 1. The predicted octanol–water partition coefficient (Wildman–Crippen LogP) is 1.18. The lowest BCUT2D eigenvalue weighted by atomic mass is 10.0. The van der Waals surface area contributed by atoms with E-state index in [1.54, 1.807) is 18.7 Å². The summed E-state index contributed by atoms with van der Waals surface area (Å²) in [7, 11) is -3.42. The quantitative estimate of drug-likeness (QED) is 0.769. The van der Waals surface area contributed by atoms with Crippen molar-refractivity contribution in [1.29, 1.82) is 5.26 Å². The first kappa shape index (κ1) is 14.1. The Morgan fingerprint density at radius 3 is 2.81 bits per heavy atom. The summed E-state index contributed by atoms with van der Waals surface area (Å²) in [6.45, 7) is 1.77. The molecule has 0 saturated carbocycles. The number of rotatable bonds is 5. The van der Waals surface area contributed by atoms with Crippen LogP contribution in [-0.2, 0) is 10.0 Å². The highest BCUT2D eigenvalue weighted by Gasteiger charge is 2.38. The largest absolute Gasteiger partial charge is 0.213 e. The molecule has 16 heavy (non-hydrogen) atoms. The molecule has 1 rings (SSSR count). The fourth-order valence-electron chi connectivity index (χ4n) is 1.51. The van der Waals surface area contributed by atoms with Crippen LogP contribution in [-0.4, -0.2) is 37.1 Å². The van der Waals surface area contributed by atoms with E-state index in [9.17, 15) is 8.42 Å². The van der Waals surface area contributed by atoms with Gasteiger partial charge in [-0.1, -0.05) is 6.92 Å². The summed E-state index contributed by atoms with van der Waals surface area (Å²) in [6.07, 6.45) is 0.572. The first-order chi connectivity index (χ1) is 7.43. The Morgan fingerprint density at radius 1 is 1.69 bits per heavy atom. The normalized spacial score (nSPS) is 27.6. The van der Waals surface area contributed by atoms with Crippen LogP contribution < -0.4 is 4.72 Å². The van der Waals surface area contributed by atoms with Crippen LogP contribution in [0.5, 0.6) is 0 Å². The number of sulfonamides is 1. The molecule has 1 aliphatic heterocycles. The summed E-state index contributed by atoms with van der Waals surface area (Å²) in [6, 6.07) is 2.08. The van der Waals surface area contributed by atoms with Crippen LogP contribution in [0.2, 0.25) is 0 Å². The Labute approximate surface area is 106 Å². The minimum atomic E-state index is -3.42. The van der Waals surface area contributed by atoms with Gasteiger partial charge in [-0.05, 0) is 18.1 Å². The molecule has 1 aliphatic rings. The zero-order valence-corrected chi connectivity index (χ0v) is 11.5. The predicted molar refractivity (Wildman–Crippen MR) is 67.1 cm³/mol. The lowest BCUT2D eigenvalue weighted by Crippen LogP contribution is -2.48. The molecule has 0 amide bonds. The van der Waals surface area contributed by atoms with E-state index in [2.05, 4.69) is 10.8 Å². The Hall–Kier alpha value is 0.0400. The van der Waals surface area contributed by atoms with Crippen molar-refractivity contribution in [3.63, 3.8) is 0 Å². The van der Waals surface area contributed by atoms with Gasteiger partial charge in [0.25, 0.3) is 0 Å². The highest BCUT2D eigenvalue weighted by Crippen LogP contribution is 2.28. The zero-order chi connectivity index (χ0) is 12.2. The molecule has 0 bridgehead atoms. The van der Waals surface area contributed by atoms with E-state index in [0.717, 1.165) is 5.75 Å². The highest BCUT2D eigenvalue weighted by atomic mass is 35.5. The van der Waals surface area contributed by atoms with E-state index >= 15 is 0 Å². The Kier molecular flexibility index (Phi) is 4.92. The van der Waals surface area contributed by atoms with E-state index in [0.29, 0.717) is 18.1 Å². The van der Waals surface area contributed by atoms with Gasteiger partial charge in [0.05, 0.1) is 11.8 Å². The molecule has 0 spiro atoms. The molecule has 2 atom stereocenters. The van der Waals surface area contributed by atoms with Crippen molar-refractivity contribution >= 4 is 33.4 Å². The van der Waals surface area contributed by atoms with Gasteiger partial charge in [0, 0.05) is 11.6 Å². The van der Waals surface area contributed by atoms with Gasteiger partial charge in [-0.15, -0.1) is 11.6 Å². The monoisotopic (exact) mass is 282 g/mol. The number of alkyl halides is 1. The maximum absolute atomic E-state index is 11.8. The molecule has 0 aromatic rings. The zero-order valence-electron chi connectivity index (χ0n) is 9.07. The maximum atomic E-state index is 11.8. The number of halogens is 1. The molecular formula is C9H15ClN2O2S2. The third-order valence-electron chi connectivity index (χ3n) is 2.35. The number of nitrogens with zero attached hydrogens (tertiary/aromatic N) is 1. The summed E-state index contributed by atoms with van der Waals surface area (Å²) in [5, 5.41) is 9.05. The van der Waals surface area contributed by atoms with E-state index < -0.39 is 15.6 Å². The van der Waals surface area contributed by atoms with E-state index in [1.165, 1.54) is 0 Å². The molecule has 2 unspecified atom stereocenters. The molecule has 0 aromatic heterocycles. The van der Waals surface area contributed by atoms with Gasteiger partial charge in [-0.2, -0.15) is 21.7 Å². The van der Waals surface area contributed by atoms with Gasteiger partial charge in [0.1, 0.15) is 5.54 Å². The molecule has 1 saturated heterocycles. The molecule has 0 radical (unpaired) electrons. The summed E-state index contributed by atoms with van der Waals surface area (Å²) in [4.78, 5) is 0. The topological polar surface area (TPSA) is 70.0 Å². The average Bonchev–Trinajstić information content (AvgIpc) is 2.65. The Bertz CT molecular complexity index is 371. The van der Waals surface area contributed by atoms with Crippen LogP contribution >= 0.6 is 23.4 Å². The molecule has 1 heterocycles. The first-order valence-electron chi connectivity index (χ1n) is 5.00. The van der Waals surface area contributed by atoms with E-state index in [1.807, 2.05) is 0 Å². The lowest BCUT2D eigenvalue weighted by molar-refractivity contribution is 0.508. The molecule has 7 heteroatoms. The Morgan fingerprint density at radius 2 is 2.38 bits per heavy atom. The molecule has 0 aromatic carbocycles. The molecular weight excluding hydrogens is 268 g/mol. The third kappa shape index (κ3) is 3.81. The number of nitrogens with one attached hydrogen (secondary N) is 1. The van der Waals surface area contributed by atoms with Gasteiger partial charge in [0.2, 0.25) is 10.0 Å². The van der Waals surface area contributed by atoms with Crippen molar-refractivity contribution < 1.29 is 8.42 Å². The number of hydrogen-bond acceptors (Lipinski definition) is 4. The van der Waals surface area contributed by atoms with Crippen molar-refractivity contribution in [2.75, 3.05) is 23.1 Å².